The minimum absolute atomic E-state index is 0.125. The van der Waals surface area contributed by atoms with E-state index in [1.165, 1.54) is 25.7 Å². The van der Waals surface area contributed by atoms with E-state index in [0.29, 0.717) is 0 Å². The van der Waals surface area contributed by atoms with Crippen molar-refractivity contribution in [1.82, 2.24) is 0 Å². The van der Waals surface area contributed by atoms with Crippen LogP contribution in [-0.2, 0) is 17.1 Å². The molecule has 0 radical (unpaired) electrons. The Bertz CT molecular complexity index is 23.7. The van der Waals surface area contributed by atoms with Crippen LogP contribution in [0.5, 0.6) is 0 Å². The van der Waals surface area contributed by atoms with Crippen LogP contribution in [0.2, 0.25) is 11.0 Å². The SMILES string of the molecule is CCCCCC.[CH3][Zn][CH3]. The van der Waals surface area contributed by atoms with E-state index in [2.05, 4.69) is 24.9 Å². The van der Waals surface area contributed by atoms with Crippen molar-refractivity contribution in [3.63, 3.8) is 0 Å². The zero-order valence-corrected chi connectivity index (χ0v) is 10.5. The molecule has 0 saturated heterocycles. The van der Waals surface area contributed by atoms with Gasteiger partial charge in [-0.3, -0.25) is 0 Å². The third kappa shape index (κ3) is 28.8. The van der Waals surface area contributed by atoms with Crippen LogP contribution in [0.15, 0.2) is 0 Å². The summed E-state index contributed by atoms with van der Waals surface area (Å²) in [5.74, 6) is 0. The molecule has 0 N–H and O–H groups in total. The Balaban J connectivity index is 0. The van der Waals surface area contributed by atoms with Gasteiger partial charge in [0, 0.05) is 0 Å². The maximum atomic E-state index is 2.31. The second-order valence-corrected chi connectivity index (χ2v) is 5.38. The summed E-state index contributed by atoms with van der Waals surface area (Å²) in [4.78, 5) is 0. The molecule has 0 aromatic rings. The Morgan fingerprint density at radius 2 is 1.11 bits per heavy atom. The first-order valence-corrected chi connectivity index (χ1v) is 10.3. The fourth-order valence-corrected chi connectivity index (χ4v) is 0.500. The van der Waals surface area contributed by atoms with E-state index < -0.39 is 0 Å². The molecule has 0 spiro atoms. The monoisotopic (exact) mass is 180 g/mol. The van der Waals surface area contributed by atoms with Crippen molar-refractivity contribution in [3.05, 3.63) is 0 Å². The van der Waals surface area contributed by atoms with Crippen LogP contribution < -0.4 is 0 Å². The Hall–Kier alpha value is 0.623. The van der Waals surface area contributed by atoms with Crippen LogP contribution >= 0.6 is 0 Å². The molecule has 0 unspecified atom stereocenters. The van der Waals surface area contributed by atoms with Crippen LogP contribution in [0.25, 0.3) is 0 Å². The molecular formula is C8H20Zn. The molecule has 54 valence electrons. The van der Waals surface area contributed by atoms with Gasteiger partial charge >= 0.3 is 28.2 Å². The van der Waals surface area contributed by atoms with Gasteiger partial charge in [-0.2, -0.15) is 0 Å². The first-order chi connectivity index (χ1) is 4.33. The number of hydrogen-bond donors (Lipinski definition) is 0. The Morgan fingerprint density at radius 3 is 1.22 bits per heavy atom. The first kappa shape index (κ1) is 12.3. The summed E-state index contributed by atoms with van der Waals surface area (Å²) in [6.45, 7) is 4.46. The average molecular weight is 182 g/mol. The quantitative estimate of drug-likeness (QED) is 0.460. The summed E-state index contributed by atoms with van der Waals surface area (Å²) < 4.78 is 0. The Labute approximate surface area is 68.0 Å². The Kier molecular flexibility index (Phi) is 21.7. The third-order valence-electron chi connectivity index (χ3n) is 0.957. The molecule has 0 aliphatic carbocycles. The minimum atomic E-state index is 0.125. The van der Waals surface area contributed by atoms with Gasteiger partial charge in [-0.1, -0.05) is 39.5 Å². The standard InChI is InChI=1S/C6H14.2CH3.Zn/c1-3-5-6-4-2;;;/h3-6H2,1-2H3;2*1H3;. The molecule has 0 bridgehead atoms. The van der Waals surface area contributed by atoms with E-state index in [1.54, 1.807) is 0 Å². The fraction of sp³-hybridized carbons (Fsp3) is 1.00. The predicted octanol–water partition coefficient (Wildman–Crippen LogP) is 3.75. The second-order valence-electron chi connectivity index (χ2n) is 2.41. The molecule has 0 aliphatic heterocycles. The fourth-order valence-electron chi connectivity index (χ4n) is 0.500. The van der Waals surface area contributed by atoms with Gasteiger partial charge in [0.25, 0.3) is 0 Å². The van der Waals surface area contributed by atoms with Crippen molar-refractivity contribution in [1.29, 1.82) is 0 Å². The van der Waals surface area contributed by atoms with Crippen molar-refractivity contribution < 1.29 is 17.1 Å². The van der Waals surface area contributed by atoms with Crippen LogP contribution in [0, 0.1) is 0 Å². The van der Waals surface area contributed by atoms with Gasteiger partial charge in [-0.25, -0.2) is 0 Å². The molecule has 0 aromatic carbocycles. The summed E-state index contributed by atoms with van der Waals surface area (Å²) in [7, 11) is 0. The zero-order chi connectivity index (χ0) is 7.54. The average Bonchev–Trinajstić information content (AvgIpc) is 1.86. The summed E-state index contributed by atoms with van der Waals surface area (Å²) >= 11 is 0.125. The summed E-state index contributed by atoms with van der Waals surface area (Å²) in [6.07, 6.45) is 5.54. The molecule has 0 saturated carbocycles. The molecule has 1 heteroatoms. The van der Waals surface area contributed by atoms with E-state index in [1.807, 2.05) is 0 Å². The summed E-state index contributed by atoms with van der Waals surface area (Å²) in [6, 6.07) is 0. The zero-order valence-electron chi connectivity index (χ0n) is 7.54. The van der Waals surface area contributed by atoms with Crippen molar-refractivity contribution in [2.75, 3.05) is 0 Å². The normalized spacial score (nSPS) is 7.11. The van der Waals surface area contributed by atoms with Gasteiger partial charge in [0.05, 0.1) is 0 Å². The van der Waals surface area contributed by atoms with Gasteiger partial charge in [0.15, 0.2) is 0 Å². The predicted molar refractivity (Wildman–Crippen MR) is 41.5 cm³/mol. The van der Waals surface area contributed by atoms with Gasteiger partial charge in [-0.15, -0.1) is 0 Å². The molecular weight excluding hydrogens is 161 g/mol. The van der Waals surface area contributed by atoms with Crippen molar-refractivity contribution >= 4 is 0 Å². The van der Waals surface area contributed by atoms with Crippen molar-refractivity contribution in [3.8, 4) is 0 Å². The summed E-state index contributed by atoms with van der Waals surface area (Å²) in [5.41, 5.74) is 4.62. The molecule has 9 heavy (non-hydrogen) atoms. The molecule has 0 atom stereocenters. The maximum absolute atomic E-state index is 2.31. The third-order valence-corrected chi connectivity index (χ3v) is 0.957. The van der Waals surface area contributed by atoms with E-state index in [0.717, 1.165) is 0 Å². The van der Waals surface area contributed by atoms with Gasteiger partial charge < -0.3 is 0 Å². The van der Waals surface area contributed by atoms with Gasteiger partial charge in [0.1, 0.15) is 0 Å². The van der Waals surface area contributed by atoms with E-state index in [-0.39, 0.29) is 17.1 Å². The molecule has 0 amide bonds. The molecule has 0 nitrogen and oxygen atoms in total. The number of rotatable bonds is 3. The Morgan fingerprint density at radius 1 is 0.889 bits per heavy atom. The topological polar surface area (TPSA) is 0 Å². The van der Waals surface area contributed by atoms with E-state index in [4.69, 9.17) is 0 Å². The van der Waals surface area contributed by atoms with Crippen LogP contribution in [0.1, 0.15) is 39.5 Å². The first-order valence-electron chi connectivity index (χ1n) is 4.33. The molecule has 0 aliphatic rings. The molecule has 0 rings (SSSR count). The van der Waals surface area contributed by atoms with Crippen LogP contribution in [0.3, 0.4) is 0 Å². The van der Waals surface area contributed by atoms with Crippen LogP contribution in [0.4, 0.5) is 0 Å². The summed E-state index contributed by atoms with van der Waals surface area (Å²) in [5, 5.41) is 0. The van der Waals surface area contributed by atoms with Crippen LogP contribution in [-0.4, -0.2) is 0 Å². The number of hydrogen-bond acceptors (Lipinski definition) is 0. The van der Waals surface area contributed by atoms with E-state index in [9.17, 15) is 0 Å². The van der Waals surface area contributed by atoms with E-state index >= 15 is 0 Å². The van der Waals surface area contributed by atoms with Gasteiger partial charge in [0.2, 0.25) is 0 Å². The second kappa shape index (κ2) is 15.8. The van der Waals surface area contributed by atoms with Gasteiger partial charge in [-0.05, 0) is 0 Å². The number of unbranched alkanes of at least 4 members (excludes halogenated alkanes) is 3. The molecule has 0 heterocycles. The van der Waals surface area contributed by atoms with Crippen molar-refractivity contribution in [2.24, 2.45) is 0 Å². The molecule has 0 fully saturated rings. The molecule has 0 aromatic heterocycles. The van der Waals surface area contributed by atoms with Crippen molar-refractivity contribution in [2.45, 2.75) is 50.6 Å².